The molecule has 6 heteroatoms. The predicted octanol–water partition coefficient (Wildman–Crippen LogP) is 4.09. The molecule has 1 saturated carbocycles. The van der Waals surface area contributed by atoms with Gasteiger partial charge in [-0.2, -0.15) is 0 Å². The van der Waals surface area contributed by atoms with Crippen LogP contribution in [0.2, 0.25) is 0 Å². The molecular weight excluding hydrogens is 382 g/mol. The van der Waals surface area contributed by atoms with Crippen LogP contribution in [0.4, 0.5) is 0 Å². The van der Waals surface area contributed by atoms with Gasteiger partial charge in [0, 0.05) is 18.0 Å². The molecule has 0 spiro atoms. The molecule has 1 aromatic carbocycles. The van der Waals surface area contributed by atoms with Crippen LogP contribution in [0.5, 0.6) is 11.5 Å². The maximum Gasteiger partial charge on any atom is 0.340 e. The average Bonchev–Trinajstić information content (AvgIpc) is 2.92. The second kappa shape index (κ2) is 7.03. The molecule has 6 nitrogen and oxygen atoms in total. The van der Waals surface area contributed by atoms with Gasteiger partial charge in [0.2, 0.25) is 11.7 Å². The van der Waals surface area contributed by atoms with E-state index in [1.165, 1.54) is 14.2 Å². The van der Waals surface area contributed by atoms with Crippen molar-refractivity contribution in [3.8, 4) is 11.5 Å². The van der Waals surface area contributed by atoms with Crippen molar-refractivity contribution in [2.24, 2.45) is 10.8 Å². The van der Waals surface area contributed by atoms with Crippen molar-refractivity contribution in [1.82, 2.24) is 4.90 Å². The van der Waals surface area contributed by atoms with Crippen LogP contribution in [-0.4, -0.2) is 37.6 Å². The fourth-order valence-electron chi connectivity index (χ4n) is 5.97. The number of ether oxygens (including phenoxy) is 2. The Labute approximate surface area is 177 Å². The van der Waals surface area contributed by atoms with Gasteiger partial charge in [0.05, 0.1) is 26.2 Å². The number of carbonyl (C=O) groups is 1. The first-order valence-electron chi connectivity index (χ1n) is 10.5. The topological polar surface area (TPSA) is 69.0 Å². The number of likely N-dealkylation sites (tertiary alicyclic amines) is 1. The Balaban J connectivity index is 1.68. The Morgan fingerprint density at radius 2 is 1.93 bits per heavy atom. The number of rotatable bonds is 4. The fourth-order valence-corrected chi connectivity index (χ4v) is 5.97. The number of aryl methyl sites for hydroxylation is 1. The van der Waals surface area contributed by atoms with Crippen molar-refractivity contribution in [1.29, 1.82) is 0 Å². The van der Waals surface area contributed by atoms with E-state index in [1.807, 2.05) is 17.9 Å². The molecule has 2 bridgehead atoms. The Morgan fingerprint density at radius 1 is 1.20 bits per heavy atom. The zero-order chi connectivity index (χ0) is 21.8. The van der Waals surface area contributed by atoms with E-state index >= 15 is 0 Å². The maximum atomic E-state index is 13.3. The van der Waals surface area contributed by atoms with E-state index in [0.717, 1.165) is 36.8 Å². The van der Waals surface area contributed by atoms with E-state index in [-0.39, 0.29) is 29.2 Å². The van der Waals surface area contributed by atoms with Gasteiger partial charge in [-0.05, 0) is 54.7 Å². The highest BCUT2D eigenvalue weighted by Crippen LogP contribution is 2.52. The molecule has 1 saturated heterocycles. The third kappa shape index (κ3) is 3.36. The number of nitrogens with zero attached hydrogens (tertiary/aromatic N) is 1. The van der Waals surface area contributed by atoms with Gasteiger partial charge >= 0.3 is 5.63 Å². The second-order valence-electron chi connectivity index (χ2n) is 10.1. The smallest absolute Gasteiger partial charge is 0.340 e. The number of hydrogen-bond donors (Lipinski definition) is 0. The number of fused-ring (bicyclic) bond motifs is 3. The largest absolute Gasteiger partial charge is 0.493 e. The quantitative estimate of drug-likeness (QED) is 0.706. The lowest BCUT2D eigenvalue weighted by molar-refractivity contribution is -0.131. The zero-order valence-electron chi connectivity index (χ0n) is 18.8. The van der Waals surface area contributed by atoms with Crippen LogP contribution in [0.3, 0.4) is 0 Å². The monoisotopic (exact) mass is 413 g/mol. The number of methoxy groups -OCH3 is 2. The van der Waals surface area contributed by atoms with Crippen molar-refractivity contribution in [3.05, 3.63) is 33.7 Å². The molecule has 2 atom stereocenters. The summed E-state index contributed by atoms with van der Waals surface area (Å²) in [6, 6.07) is 3.88. The molecule has 162 valence electrons. The summed E-state index contributed by atoms with van der Waals surface area (Å²) in [5.41, 5.74) is 1.43. The standard InChI is InChI=1S/C24H31NO5/c1-14-16-7-8-18(28-5)21(29-6)20(16)30-22(27)17(14)9-19(26)25-13-24(4)11-15(25)10-23(2,3)12-24/h7-8,15H,9-13H2,1-6H3/t15-,24-/m0/s1. The van der Waals surface area contributed by atoms with E-state index in [9.17, 15) is 9.59 Å². The van der Waals surface area contributed by atoms with Crippen molar-refractivity contribution in [2.45, 2.75) is 59.4 Å². The summed E-state index contributed by atoms with van der Waals surface area (Å²) in [4.78, 5) is 28.1. The van der Waals surface area contributed by atoms with E-state index in [0.29, 0.717) is 22.6 Å². The molecule has 2 aliphatic rings. The number of carbonyl (C=O) groups excluding carboxylic acids is 1. The van der Waals surface area contributed by atoms with Gasteiger partial charge in [-0.15, -0.1) is 0 Å². The van der Waals surface area contributed by atoms with Crippen LogP contribution in [0.1, 0.15) is 51.2 Å². The molecule has 30 heavy (non-hydrogen) atoms. The van der Waals surface area contributed by atoms with Crippen LogP contribution in [0.15, 0.2) is 21.3 Å². The van der Waals surface area contributed by atoms with E-state index in [4.69, 9.17) is 13.9 Å². The number of benzene rings is 1. The molecule has 1 aliphatic heterocycles. The summed E-state index contributed by atoms with van der Waals surface area (Å²) in [5, 5.41) is 0.753. The molecule has 2 fully saturated rings. The fraction of sp³-hybridized carbons (Fsp3) is 0.583. The number of amides is 1. The normalized spacial score (nSPS) is 24.9. The molecule has 1 aromatic heterocycles. The lowest BCUT2D eigenvalue weighted by Crippen LogP contribution is -2.39. The summed E-state index contributed by atoms with van der Waals surface area (Å²) in [5.74, 6) is 0.893. The van der Waals surface area contributed by atoms with Crippen LogP contribution in [0, 0.1) is 17.8 Å². The van der Waals surface area contributed by atoms with Crippen molar-refractivity contribution in [2.75, 3.05) is 20.8 Å². The highest BCUT2D eigenvalue weighted by atomic mass is 16.5. The van der Waals surface area contributed by atoms with Crippen LogP contribution in [-0.2, 0) is 11.2 Å². The second-order valence-corrected chi connectivity index (χ2v) is 10.1. The number of hydrogen-bond acceptors (Lipinski definition) is 5. The average molecular weight is 414 g/mol. The SMILES string of the molecule is COc1ccc2c(C)c(CC(=O)N3C[C@@]4(C)C[C@@H]3CC(C)(C)C4)c(=O)oc2c1OC. The van der Waals surface area contributed by atoms with Crippen molar-refractivity contribution >= 4 is 16.9 Å². The summed E-state index contributed by atoms with van der Waals surface area (Å²) in [6.45, 7) is 9.48. The van der Waals surface area contributed by atoms with Crippen LogP contribution in [0.25, 0.3) is 11.0 Å². The minimum Gasteiger partial charge on any atom is -0.493 e. The predicted molar refractivity (Wildman–Crippen MR) is 115 cm³/mol. The van der Waals surface area contributed by atoms with Gasteiger partial charge < -0.3 is 18.8 Å². The lowest BCUT2D eigenvalue weighted by atomic mass is 9.65. The lowest BCUT2D eigenvalue weighted by Gasteiger charge is -2.39. The molecule has 2 heterocycles. The minimum absolute atomic E-state index is 0.0108. The molecule has 2 aromatic rings. The molecule has 0 radical (unpaired) electrons. The van der Waals surface area contributed by atoms with Gasteiger partial charge in [-0.25, -0.2) is 4.79 Å². The Kier molecular flexibility index (Phi) is 4.87. The first-order chi connectivity index (χ1) is 14.1. The van der Waals surface area contributed by atoms with Gasteiger partial charge in [-0.3, -0.25) is 4.79 Å². The van der Waals surface area contributed by atoms with Gasteiger partial charge in [0.15, 0.2) is 11.3 Å². The first kappa shape index (κ1) is 20.8. The summed E-state index contributed by atoms with van der Waals surface area (Å²) >= 11 is 0. The maximum absolute atomic E-state index is 13.3. The van der Waals surface area contributed by atoms with Crippen molar-refractivity contribution in [3.63, 3.8) is 0 Å². The first-order valence-corrected chi connectivity index (χ1v) is 10.5. The third-order valence-electron chi connectivity index (χ3n) is 6.86. The summed E-state index contributed by atoms with van der Waals surface area (Å²) in [7, 11) is 3.05. The van der Waals surface area contributed by atoms with Crippen LogP contribution >= 0.6 is 0 Å². The molecule has 0 N–H and O–H groups in total. The van der Waals surface area contributed by atoms with E-state index in [1.54, 1.807) is 6.07 Å². The molecular formula is C24H31NO5. The molecule has 1 aliphatic carbocycles. The van der Waals surface area contributed by atoms with Gasteiger partial charge in [0.1, 0.15) is 0 Å². The Morgan fingerprint density at radius 3 is 2.60 bits per heavy atom. The van der Waals surface area contributed by atoms with Crippen LogP contribution < -0.4 is 15.1 Å². The third-order valence-corrected chi connectivity index (χ3v) is 6.86. The summed E-state index contributed by atoms with van der Waals surface area (Å²) < 4.78 is 16.3. The molecule has 0 unspecified atom stereocenters. The van der Waals surface area contributed by atoms with Gasteiger partial charge in [0.25, 0.3) is 0 Å². The van der Waals surface area contributed by atoms with E-state index in [2.05, 4.69) is 20.8 Å². The summed E-state index contributed by atoms with van der Waals surface area (Å²) in [6.07, 6.45) is 3.24. The Hall–Kier alpha value is -2.50. The van der Waals surface area contributed by atoms with Gasteiger partial charge in [-0.1, -0.05) is 20.8 Å². The highest BCUT2D eigenvalue weighted by molar-refractivity contribution is 5.90. The molecule has 1 amide bonds. The highest BCUT2D eigenvalue weighted by Gasteiger charge is 2.50. The van der Waals surface area contributed by atoms with E-state index < -0.39 is 5.63 Å². The minimum atomic E-state index is -0.492. The van der Waals surface area contributed by atoms with Crippen molar-refractivity contribution < 1.29 is 18.7 Å². The zero-order valence-corrected chi connectivity index (χ0v) is 18.8. The Bertz CT molecular complexity index is 1070. The molecule has 4 rings (SSSR count).